The first-order chi connectivity index (χ1) is 11.1. The van der Waals surface area contributed by atoms with Crippen LogP contribution >= 0.6 is 0 Å². The van der Waals surface area contributed by atoms with E-state index >= 15 is 0 Å². The Hall–Kier alpha value is -1.90. The van der Waals surface area contributed by atoms with Crippen molar-refractivity contribution in [2.45, 2.75) is 58.0 Å². The molecule has 6 nitrogen and oxygen atoms in total. The fraction of sp³-hybridized carbons (Fsp3) is 0.765. The molecule has 5 rings (SSSR count). The van der Waals surface area contributed by atoms with Crippen molar-refractivity contribution in [2.24, 2.45) is 23.2 Å². The number of nitrogens with one attached hydrogen (secondary N) is 1. The molecule has 0 aliphatic heterocycles. The van der Waals surface area contributed by atoms with E-state index in [1.54, 1.807) is 0 Å². The molecule has 0 spiro atoms. The van der Waals surface area contributed by atoms with Crippen LogP contribution in [0.3, 0.4) is 0 Å². The Kier molecular flexibility index (Phi) is 3.40. The first-order valence-electron chi connectivity index (χ1n) is 8.65. The van der Waals surface area contributed by atoms with Crippen molar-refractivity contribution in [3.8, 4) is 6.07 Å². The van der Waals surface area contributed by atoms with Crippen molar-refractivity contribution in [3.63, 3.8) is 0 Å². The number of aromatic nitrogens is 3. The Morgan fingerprint density at radius 1 is 1.39 bits per heavy atom. The summed E-state index contributed by atoms with van der Waals surface area (Å²) in [6.07, 6.45) is 9.52. The van der Waals surface area contributed by atoms with Crippen molar-refractivity contribution in [2.75, 3.05) is 0 Å². The summed E-state index contributed by atoms with van der Waals surface area (Å²) in [6, 6.07) is 2.09. The van der Waals surface area contributed by atoms with Crippen LogP contribution in [0.4, 0.5) is 0 Å². The minimum Gasteiger partial charge on any atom is -0.351 e. The SMILES string of the molecule is C[C@@H](NC(=O)Cn1cnc(C#N)n1)C12CC3CC(CC(C3)C1)C2. The van der Waals surface area contributed by atoms with E-state index in [0.29, 0.717) is 5.41 Å². The van der Waals surface area contributed by atoms with Crippen LogP contribution in [-0.2, 0) is 11.3 Å². The van der Waals surface area contributed by atoms with E-state index < -0.39 is 0 Å². The lowest BCUT2D eigenvalue weighted by molar-refractivity contribution is -0.126. The molecule has 1 aromatic rings. The van der Waals surface area contributed by atoms with E-state index in [-0.39, 0.29) is 24.3 Å². The zero-order valence-corrected chi connectivity index (χ0v) is 13.5. The van der Waals surface area contributed by atoms with E-state index in [2.05, 4.69) is 22.3 Å². The van der Waals surface area contributed by atoms with E-state index in [1.807, 2.05) is 6.07 Å². The number of carbonyl (C=O) groups excluding carboxylic acids is 1. The van der Waals surface area contributed by atoms with Crippen LogP contribution in [-0.4, -0.2) is 26.7 Å². The van der Waals surface area contributed by atoms with E-state index in [0.717, 1.165) is 17.8 Å². The monoisotopic (exact) mass is 313 g/mol. The van der Waals surface area contributed by atoms with Gasteiger partial charge in [-0.25, -0.2) is 9.67 Å². The third-order valence-corrected chi connectivity index (χ3v) is 6.32. The molecule has 0 saturated heterocycles. The highest BCUT2D eigenvalue weighted by Gasteiger charge is 2.53. The minimum atomic E-state index is -0.0392. The van der Waals surface area contributed by atoms with Gasteiger partial charge in [0.1, 0.15) is 18.9 Å². The Balaban J connectivity index is 1.40. The lowest BCUT2D eigenvalue weighted by atomic mass is 9.48. The van der Waals surface area contributed by atoms with Gasteiger partial charge in [-0.2, -0.15) is 5.26 Å². The average molecular weight is 313 g/mol. The third kappa shape index (κ3) is 2.62. The fourth-order valence-electron chi connectivity index (χ4n) is 5.72. The maximum atomic E-state index is 12.3. The predicted octanol–water partition coefficient (Wildman–Crippen LogP) is 1.87. The molecule has 1 amide bonds. The number of carbonyl (C=O) groups is 1. The van der Waals surface area contributed by atoms with Gasteiger partial charge >= 0.3 is 0 Å². The quantitative estimate of drug-likeness (QED) is 0.919. The fourth-order valence-corrected chi connectivity index (χ4v) is 5.72. The Morgan fingerprint density at radius 3 is 2.52 bits per heavy atom. The summed E-state index contributed by atoms with van der Waals surface area (Å²) < 4.78 is 1.43. The number of nitriles is 1. The minimum absolute atomic E-state index is 0.0392. The number of rotatable bonds is 4. The second-order valence-electron chi connectivity index (χ2n) is 7.95. The molecule has 1 heterocycles. The number of hydrogen-bond acceptors (Lipinski definition) is 4. The summed E-state index contributed by atoms with van der Waals surface area (Å²) in [5.74, 6) is 2.71. The molecule has 122 valence electrons. The molecule has 1 N–H and O–H groups in total. The van der Waals surface area contributed by atoms with Crippen LogP contribution < -0.4 is 5.32 Å². The molecule has 4 aliphatic carbocycles. The first-order valence-corrected chi connectivity index (χ1v) is 8.65. The van der Waals surface area contributed by atoms with Crippen LogP contribution in [0, 0.1) is 34.5 Å². The number of nitrogens with zero attached hydrogens (tertiary/aromatic N) is 4. The lowest BCUT2D eigenvalue weighted by Crippen LogP contribution is -2.56. The van der Waals surface area contributed by atoms with Gasteiger partial charge in [-0.05, 0) is 68.6 Å². The molecule has 4 saturated carbocycles. The Bertz CT molecular complexity index is 623. The standard InChI is InChI=1S/C17H23N5O/c1-11(20-16(23)9-22-10-19-15(8-18)21-22)17-5-12-2-13(6-17)4-14(3-12)7-17/h10-14H,2-7,9H2,1H3,(H,20,23)/t11-,12?,13?,14?,17?/m1/s1. The molecule has 6 heteroatoms. The molecule has 0 unspecified atom stereocenters. The van der Waals surface area contributed by atoms with Gasteiger partial charge in [0.05, 0.1) is 0 Å². The predicted molar refractivity (Wildman–Crippen MR) is 82.9 cm³/mol. The second kappa shape index (κ2) is 5.33. The van der Waals surface area contributed by atoms with Gasteiger partial charge in [-0.3, -0.25) is 4.79 Å². The first kappa shape index (κ1) is 14.7. The summed E-state index contributed by atoms with van der Waals surface area (Å²) >= 11 is 0. The van der Waals surface area contributed by atoms with Gasteiger partial charge in [-0.1, -0.05) is 0 Å². The van der Waals surface area contributed by atoms with Crippen LogP contribution in [0.15, 0.2) is 6.33 Å². The van der Waals surface area contributed by atoms with Gasteiger partial charge < -0.3 is 5.32 Å². The molecular formula is C17H23N5O. The molecule has 4 fully saturated rings. The molecule has 0 aromatic carbocycles. The van der Waals surface area contributed by atoms with Gasteiger partial charge in [0.2, 0.25) is 5.91 Å². The molecular weight excluding hydrogens is 290 g/mol. The molecule has 1 atom stereocenters. The zero-order valence-electron chi connectivity index (χ0n) is 13.5. The lowest BCUT2D eigenvalue weighted by Gasteiger charge is -2.59. The highest BCUT2D eigenvalue weighted by molar-refractivity contribution is 5.76. The Labute approximate surface area is 136 Å². The van der Waals surface area contributed by atoms with Crippen molar-refractivity contribution in [1.82, 2.24) is 20.1 Å². The smallest absolute Gasteiger partial charge is 0.252 e. The van der Waals surface area contributed by atoms with Crippen molar-refractivity contribution in [1.29, 1.82) is 5.26 Å². The van der Waals surface area contributed by atoms with E-state index in [9.17, 15) is 4.79 Å². The summed E-state index contributed by atoms with van der Waals surface area (Å²) in [4.78, 5) is 16.2. The number of amides is 1. The Morgan fingerprint density at radius 2 is 2.00 bits per heavy atom. The van der Waals surface area contributed by atoms with Crippen LogP contribution in [0.25, 0.3) is 0 Å². The van der Waals surface area contributed by atoms with Crippen LogP contribution in [0.5, 0.6) is 0 Å². The van der Waals surface area contributed by atoms with Crippen LogP contribution in [0.2, 0.25) is 0 Å². The summed E-state index contributed by atoms with van der Waals surface area (Å²) in [6.45, 7) is 2.30. The topological polar surface area (TPSA) is 83.6 Å². The van der Waals surface area contributed by atoms with E-state index in [1.165, 1.54) is 49.5 Å². The number of hydrogen-bond donors (Lipinski definition) is 1. The molecule has 23 heavy (non-hydrogen) atoms. The van der Waals surface area contributed by atoms with Gasteiger partial charge in [0.25, 0.3) is 5.82 Å². The third-order valence-electron chi connectivity index (χ3n) is 6.32. The normalized spacial score (nSPS) is 35.7. The zero-order chi connectivity index (χ0) is 16.0. The maximum absolute atomic E-state index is 12.3. The van der Waals surface area contributed by atoms with Crippen molar-refractivity contribution < 1.29 is 4.79 Å². The van der Waals surface area contributed by atoms with Crippen molar-refractivity contribution >= 4 is 5.91 Å². The van der Waals surface area contributed by atoms with Gasteiger partial charge in [0.15, 0.2) is 0 Å². The highest BCUT2D eigenvalue weighted by Crippen LogP contribution is 2.61. The summed E-state index contributed by atoms with van der Waals surface area (Å²) in [5, 5.41) is 15.9. The van der Waals surface area contributed by atoms with Crippen molar-refractivity contribution in [3.05, 3.63) is 12.2 Å². The molecule has 4 aliphatic rings. The van der Waals surface area contributed by atoms with Gasteiger partial charge in [0, 0.05) is 6.04 Å². The average Bonchev–Trinajstić information content (AvgIpc) is 2.93. The van der Waals surface area contributed by atoms with Gasteiger partial charge in [-0.15, -0.1) is 5.10 Å². The summed E-state index contributed by atoms with van der Waals surface area (Å²) in [7, 11) is 0. The second-order valence-corrected chi connectivity index (χ2v) is 7.95. The maximum Gasteiger partial charge on any atom is 0.252 e. The largest absolute Gasteiger partial charge is 0.351 e. The van der Waals surface area contributed by atoms with E-state index in [4.69, 9.17) is 5.26 Å². The highest BCUT2D eigenvalue weighted by atomic mass is 16.2. The summed E-state index contributed by atoms with van der Waals surface area (Å²) in [5.41, 5.74) is 0.310. The molecule has 0 radical (unpaired) electrons. The molecule has 1 aromatic heterocycles. The van der Waals surface area contributed by atoms with Crippen LogP contribution in [0.1, 0.15) is 51.3 Å². The molecule has 4 bridgehead atoms.